The van der Waals surface area contributed by atoms with Gasteiger partial charge in [-0.05, 0) is 49.4 Å². The Hall–Kier alpha value is -0.770. The van der Waals surface area contributed by atoms with E-state index in [1.54, 1.807) is 7.11 Å². The molecule has 1 aromatic rings. The van der Waals surface area contributed by atoms with Crippen molar-refractivity contribution in [2.75, 3.05) is 20.2 Å². The second-order valence-corrected chi connectivity index (χ2v) is 5.70. The first-order valence-corrected chi connectivity index (χ1v) is 7.23. The molecule has 0 aliphatic carbocycles. The number of methoxy groups -OCH3 is 1. The van der Waals surface area contributed by atoms with Crippen molar-refractivity contribution < 1.29 is 4.74 Å². The minimum Gasteiger partial charge on any atom is -0.496 e. The number of hydrogen-bond acceptors (Lipinski definition) is 3. The van der Waals surface area contributed by atoms with Crippen molar-refractivity contribution in [3.63, 3.8) is 0 Å². The van der Waals surface area contributed by atoms with Gasteiger partial charge >= 0.3 is 0 Å². The van der Waals surface area contributed by atoms with Crippen LogP contribution in [-0.2, 0) is 6.54 Å². The molecule has 1 heterocycles. The zero-order chi connectivity index (χ0) is 13.8. The number of nitrogens with zero attached hydrogens (tertiary/aromatic N) is 1. The minimum absolute atomic E-state index is 0. The molecule has 1 saturated heterocycles. The molecule has 2 rings (SSSR count). The Kier molecular flexibility index (Phi) is 6.80. The van der Waals surface area contributed by atoms with Gasteiger partial charge in [0.2, 0.25) is 0 Å². The Labute approximate surface area is 128 Å². The van der Waals surface area contributed by atoms with Gasteiger partial charge in [-0.15, -0.1) is 12.4 Å². The zero-order valence-corrected chi connectivity index (χ0v) is 13.6. The van der Waals surface area contributed by atoms with E-state index in [2.05, 4.69) is 36.9 Å². The number of rotatable bonds is 4. The Morgan fingerprint density at radius 1 is 1.40 bits per heavy atom. The highest BCUT2D eigenvalue weighted by Gasteiger charge is 2.27. The maximum absolute atomic E-state index is 5.95. The van der Waals surface area contributed by atoms with Crippen LogP contribution in [0.1, 0.15) is 30.9 Å². The molecule has 1 aromatic carbocycles. The summed E-state index contributed by atoms with van der Waals surface area (Å²) in [7, 11) is 1.72. The lowest BCUT2D eigenvalue weighted by molar-refractivity contribution is 0.0990. The molecule has 0 spiro atoms. The Balaban J connectivity index is 0.00000200. The van der Waals surface area contributed by atoms with Gasteiger partial charge in [-0.3, -0.25) is 4.90 Å². The average Bonchev–Trinajstić information content (AvgIpc) is 2.39. The fraction of sp³-hybridized carbons (Fsp3) is 0.625. The van der Waals surface area contributed by atoms with E-state index in [1.165, 1.54) is 24.0 Å². The van der Waals surface area contributed by atoms with Crippen molar-refractivity contribution in [2.24, 2.45) is 11.7 Å². The highest BCUT2D eigenvalue weighted by molar-refractivity contribution is 5.85. The number of nitrogens with two attached hydrogens (primary N) is 1. The lowest BCUT2D eigenvalue weighted by Gasteiger charge is -2.39. The molecule has 4 heteroatoms. The SMILES string of the molecule is COc1ccc(CN2CCCC(C)C2CN)cc1C.Cl. The summed E-state index contributed by atoms with van der Waals surface area (Å²) >= 11 is 0. The largest absolute Gasteiger partial charge is 0.496 e. The van der Waals surface area contributed by atoms with E-state index in [9.17, 15) is 0 Å². The number of ether oxygens (including phenoxy) is 1. The van der Waals surface area contributed by atoms with Crippen LogP contribution in [0.2, 0.25) is 0 Å². The summed E-state index contributed by atoms with van der Waals surface area (Å²) in [4.78, 5) is 2.54. The molecule has 0 amide bonds. The molecule has 2 N–H and O–H groups in total. The minimum atomic E-state index is 0. The highest BCUT2D eigenvalue weighted by Crippen LogP contribution is 2.25. The number of hydrogen-bond donors (Lipinski definition) is 1. The van der Waals surface area contributed by atoms with Gasteiger partial charge in [0.05, 0.1) is 7.11 Å². The zero-order valence-electron chi connectivity index (χ0n) is 12.8. The van der Waals surface area contributed by atoms with Crippen molar-refractivity contribution in [3.8, 4) is 5.75 Å². The van der Waals surface area contributed by atoms with Crippen LogP contribution in [0, 0.1) is 12.8 Å². The summed E-state index contributed by atoms with van der Waals surface area (Å²) in [5.41, 5.74) is 8.51. The number of halogens is 1. The van der Waals surface area contributed by atoms with E-state index in [-0.39, 0.29) is 12.4 Å². The molecular formula is C16H27ClN2O. The van der Waals surface area contributed by atoms with Gasteiger partial charge in [-0.25, -0.2) is 0 Å². The topological polar surface area (TPSA) is 38.5 Å². The number of piperidine rings is 1. The summed E-state index contributed by atoms with van der Waals surface area (Å²) in [5, 5.41) is 0. The van der Waals surface area contributed by atoms with Crippen LogP contribution in [0.3, 0.4) is 0 Å². The predicted molar refractivity (Wildman–Crippen MR) is 86.6 cm³/mol. The third-order valence-electron chi connectivity index (χ3n) is 4.32. The molecule has 2 atom stereocenters. The maximum Gasteiger partial charge on any atom is 0.121 e. The van der Waals surface area contributed by atoms with E-state index in [1.807, 2.05) is 0 Å². The molecule has 0 bridgehead atoms. The van der Waals surface area contributed by atoms with Gasteiger partial charge in [0.25, 0.3) is 0 Å². The molecule has 0 aromatic heterocycles. The van der Waals surface area contributed by atoms with E-state index in [0.29, 0.717) is 12.0 Å². The average molecular weight is 299 g/mol. The molecular weight excluding hydrogens is 272 g/mol. The summed E-state index contributed by atoms with van der Waals surface area (Å²) < 4.78 is 5.32. The summed E-state index contributed by atoms with van der Waals surface area (Å²) in [6.45, 7) is 7.34. The van der Waals surface area contributed by atoms with Gasteiger partial charge in [0.15, 0.2) is 0 Å². The van der Waals surface area contributed by atoms with Crippen LogP contribution < -0.4 is 10.5 Å². The number of likely N-dealkylation sites (tertiary alicyclic amines) is 1. The fourth-order valence-electron chi connectivity index (χ4n) is 3.19. The Morgan fingerprint density at radius 2 is 2.15 bits per heavy atom. The Bertz CT molecular complexity index is 425. The number of benzene rings is 1. The first-order chi connectivity index (χ1) is 9.15. The standard InChI is InChI=1S/C16H26N2O.ClH/c1-12-5-4-8-18(15(12)10-17)11-14-6-7-16(19-3)13(2)9-14;/h6-7,9,12,15H,4-5,8,10-11,17H2,1-3H3;1H. The van der Waals surface area contributed by atoms with Gasteiger partial charge < -0.3 is 10.5 Å². The molecule has 1 aliphatic heterocycles. The maximum atomic E-state index is 5.95. The first-order valence-electron chi connectivity index (χ1n) is 7.23. The fourth-order valence-corrected chi connectivity index (χ4v) is 3.19. The van der Waals surface area contributed by atoms with Crippen LogP contribution in [-0.4, -0.2) is 31.1 Å². The van der Waals surface area contributed by atoms with Crippen LogP contribution in [0.25, 0.3) is 0 Å². The van der Waals surface area contributed by atoms with E-state index >= 15 is 0 Å². The van der Waals surface area contributed by atoms with Crippen molar-refractivity contribution in [3.05, 3.63) is 29.3 Å². The molecule has 1 fully saturated rings. The summed E-state index contributed by atoms with van der Waals surface area (Å²) in [6.07, 6.45) is 2.59. The highest BCUT2D eigenvalue weighted by atomic mass is 35.5. The third-order valence-corrected chi connectivity index (χ3v) is 4.32. The van der Waals surface area contributed by atoms with Crippen LogP contribution in [0.5, 0.6) is 5.75 Å². The van der Waals surface area contributed by atoms with Gasteiger partial charge in [0.1, 0.15) is 5.75 Å². The molecule has 114 valence electrons. The van der Waals surface area contributed by atoms with Crippen molar-refractivity contribution >= 4 is 12.4 Å². The van der Waals surface area contributed by atoms with Crippen molar-refractivity contribution in [1.29, 1.82) is 0 Å². The number of aryl methyl sites for hydroxylation is 1. The first kappa shape index (κ1) is 17.3. The van der Waals surface area contributed by atoms with E-state index in [4.69, 9.17) is 10.5 Å². The third kappa shape index (κ3) is 3.87. The molecule has 0 saturated carbocycles. The van der Waals surface area contributed by atoms with Crippen LogP contribution in [0.15, 0.2) is 18.2 Å². The van der Waals surface area contributed by atoms with E-state index in [0.717, 1.165) is 25.4 Å². The van der Waals surface area contributed by atoms with E-state index < -0.39 is 0 Å². The van der Waals surface area contributed by atoms with Crippen LogP contribution in [0.4, 0.5) is 0 Å². The van der Waals surface area contributed by atoms with Gasteiger partial charge in [-0.2, -0.15) is 0 Å². The quantitative estimate of drug-likeness (QED) is 0.929. The monoisotopic (exact) mass is 298 g/mol. The van der Waals surface area contributed by atoms with Gasteiger partial charge in [-0.1, -0.05) is 19.1 Å². The smallest absolute Gasteiger partial charge is 0.121 e. The molecule has 1 aliphatic rings. The van der Waals surface area contributed by atoms with Crippen molar-refractivity contribution in [2.45, 2.75) is 39.3 Å². The summed E-state index contributed by atoms with van der Waals surface area (Å²) in [5.74, 6) is 1.67. The second-order valence-electron chi connectivity index (χ2n) is 5.70. The predicted octanol–water partition coefficient (Wildman–Crippen LogP) is 2.98. The molecule has 2 unspecified atom stereocenters. The lowest BCUT2D eigenvalue weighted by Crippen LogP contribution is -2.48. The lowest BCUT2D eigenvalue weighted by atomic mass is 9.90. The normalized spacial score (nSPS) is 23.2. The molecule has 20 heavy (non-hydrogen) atoms. The Morgan fingerprint density at radius 3 is 2.75 bits per heavy atom. The summed E-state index contributed by atoms with van der Waals surface area (Å²) in [6, 6.07) is 6.98. The van der Waals surface area contributed by atoms with Crippen molar-refractivity contribution in [1.82, 2.24) is 4.90 Å². The van der Waals surface area contributed by atoms with Gasteiger partial charge in [0, 0.05) is 19.1 Å². The second kappa shape index (κ2) is 7.87. The molecule has 3 nitrogen and oxygen atoms in total. The van der Waals surface area contributed by atoms with Crippen LogP contribution >= 0.6 is 12.4 Å². The molecule has 0 radical (unpaired) electrons.